The van der Waals surface area contributed by atoms with Gasteiger partial charge in [-0.15, -0.1) is 11.6 Å². The molecule has 1 heterocycles. The molecule has 0 atom stereocenters. The lowest BCUT2D eigenvalue weighted by atomic mass is 10.4. The van der Waals surface area contributed by atoms with Gasteiger partial charge in [-0.2, -0.15) is 5.26 Å². The summed E-state index contributed by atoms with van der Waals surface area (Å²) in [6, 6.07) is 2.08. The van der Waals surface area contributed by atoms with Gasteiger partial charge in [-0.25, -0.2) is 4.98 Å². The van der Waals surface area contributed by atoms with E-state index in [4.69, 9.17) is 28.5 Å². The fourth-order valence-electron chi connectivity index (χ4n) is 0.880. The molecule has 0 saturated heterocycles. The maximum absolute atomic E-state index is 8.43. The van der Waals surface area contributed by atoms with Crippen LogP contribution in [0.3, 0.4) is 0 Å². The topological polar surface area (TPSA) is 39.9 Å². The smallest absolute Gasteiger partial charge is 0.186 e. The summed E-state index contributed by atoms with van der Waals surface area (Å²) >= 11 is 13.0. The molecule has 14 heavy (non-hydrogen) atoms. The van der Waals surface area contributed by atoms with Crippen molar-refractivity contribution in [3.63, 3.8) is 0 Å². The molecule has 0 unspecified atom stereocenters. The molecule has 0 aliphatic rings. The molecule has 6 heteroatoms. The monoisotopic (exact) mass is 249 g/mol. The largest absolute Gasteiger partial charge is 0.350 e. The highest BCUT2D eigenvalue weighted by atomic mass is 35.5. The van der Waals surface area contributed by atoms with E-state index in [-0.39, 0.29) is 0 Å². The number of nitriles is 1. The number of aromatic nitrogens is 1. The summed E-state index contributed by atoms with van der Waals surface area (Å²) in [5.41, 5.74) is 0. The minimum Gasteiger partial charge on any atom is -0.350 e. The molecule has 0 saturated carbocycles. The van der Waals surface area contributed by atoms with Crippen LogP contribution in [-0.4, -0.2) is 18.6 Å². The van der Waals surface area contributed by atoms with E-state index in [2.05, 4.69) is 11.1 Å². The number of halogens is 2. The number of anilines is 1. The first-order valence-electron chi connectivity index (χ1n) is 3.98. The number of rotatable bonds is 4. The van der Waals surface area contributed by atoms with Crippen LogP contribution in [0.2, 0.25) is 5.15 Å². The molecule has 0 bridgehead atoms. The van der Waals surface area contributed by atoms with E-state index >= 15 is 0 Å². The standard InChI is InChI=1S/C8H9Cl2N3S/c1-13(4-2-3-11)8-12-7(10)6(5-9)14-8/h2,4-5H2,1H3. The average Bonchev–Trinajstić information content (AvgIpc) is 2.56. The van der Waals surface area contributed by atoms with Crippen molar-refractivity contribution in [2.45, 2.75) is 12.3 Å². The summed E-state index contributed by atoms with van der Waals surface area (Å²) in [6.07, 6.45) is 0.476. The van der Waals surface area contributed by atoms with Crippen LogP contribution in [0.25, 0.3) is 0 Å². The summed E-state index contributed by atoms with van der Waals surface area (Å²) in [4.78, 5) is 6.92. The van der Waals surface area contributed by atoms with E-state index in [1.807, 2.05) is 11.9 Å². The third-order valence-corrected chi connectivity index (χ3v) is 3.67. The Morgan fingerprint density at radius 2 is 2.36 bits per heavy atom. The van der Waals surface area contributed by atoms with Gasteiger partial charge in [0.1, 0.15) is 5.15 Å². The second kappa shape index (κ2) is 5.40. The highest BCUT2D eigenvalue weighted by molar-refractivity contribution is 7.16. The lowest BCUT2D eigenvalue weighted by molar-refractivity contribution is 0.899. The van der Waals surface area contributed by atoms with E-state index < -0.39 is 0 Å². The minimum atomic E-state index is 0.378. The highest BCUT2D eigenvalue weighted by Crippen LogP contribution is 2.30. The summed E-state index contributed by atoms with van der Waals surface area (Å²) in [7, 11) is 1.88. The first kappa shape index (κ1) is 11.6. The van der Waals surface area contributed by atoms with Crippen molar-refractivity contribution in [3.05, 3.63) is 10.0 Å². The van der Waals surface area contributed by atoms with E-state index in [0.717, 1.165) is 10.0 Å². The predicted octanol–water partition coefficient (Wildman–Crippen LogP) is 2.89. The molecule has 1 aromatic heterocycles. The van der Waals surface area contributed by atoms with Gasteiger partial charge in [-0.1, -0.05) is 22.9 Å². The molecule has 1 aromatic rings. The number of hydrogen-bond acceptors (Lipinski definition) is 4. The normalized spacial score (nSPS) is 9.86. The lowest BCUT2D eigenvalue weighted by Gasteiger charge is -2.12. The van der Waals surface area contributed by atoms with E-state index in [1.54, 1.807) is 0 Å². The van der Waals surface area contributed by atoms with Crippen LogP contribution in [0.1, 0.15) is 11.3 Å². The lowest BCUT2D eigenvalue weighted by Crippen LogP contribution is -2.17. The third-order valence-electron chi connectivity index (χ3n) is 1.65. The Kier molecular flexibility index (Phi) is 4.46. The first-order valence-corrected chi connectivity index (χ1v) is 5.71. The summed E-state index contributed by atoms with van der Waals surface area (Å²) < 4.78 is 0. The van der Waals surface area contributed by atoms with Crippen LogP contribution in [-0.2, 0) is 5.88 Å². The summed E-state index contributed by atoms with van der Waals surface area (Å²) in [5, 5.41) is 9.70. The van der Waals surface area contributed by atoms with Crippen LogP contribution in [0.15, 0.2) is 0 Å². The molecule has 0 spiro atoms. The predicted molar refractivity (Wildman–Crippen MR) is 60.2 cm³/mol. The summed E-state index contributed by atoms with van der Waals surface area (Å²) in [6.45, 7) is 0.655. The Morgan fingerprint density at radius 3 is 2.86 bits per heavy atom. The Bertz CT molecular complexity index is 345. The quantitative estimate of drug-likeness (QED) is 0.771. The van der Waals surface area contributed by atoms with Gasteiger partial charge in [0, 0.05) is 13.6 Å². The fraction of sp³-hybridized carbons (Fsp3) is 0.500. The first-order chi connectivity index (χ1) is 6.69. The number of nitrogens with zero attached hydrogens (tertiary/aromatic N) is 3. The molecule has 0 amide bonds. The van der Waals surface area contributed by atoms with Gasteiger partial charge in [0.2, 0.25) is 0 Å². The fourth-order valence-corrected chi connectivity index (χ4v) is 2.34. The third kappa shape index (κ3) is 2.74. The number of thiazole rings is 1. The molecule has 1 rings (SSSR count). The molecule has 76 valence electrons. The van der Waals surface area contributed by atoms with E-state index in [9.17, 15) is 0 Å². The SMILES string of the molecule is CN(CCC#N)c1nc(Cl)c(CCl)s1. The molecule has 3 nitrogen and oxygen atoms in total. The van der Waals surface area contributed by atoms with Crippen LogP contribution < -0.4 is 4.90 Å². The Labute approximate surface area is 96.9 Å². The van der Waals surface area contributed by atoms with Crippen LogP contribution in [0.4, 0.5) is 5.13 Å². The van der Waals surface area contributed by atoms with Gasteiger partial charge < -0.3 is 4.90 Å². The Morgan fingerprint density at radius 1 is 1.64 bits per heavy atom. The maximum atomic E-state index is 8.43. The Balaban J connectivity index is 2.71. The molecule has 0 aliphatic carbocycles. The molecule has 0 radical (unpaired) electrons. The van der Waals surface area contributed by atoms with Gasteiger partial charge >= 0.3 is 0 Å². The van der Waals surface area contributed by atoms with Crippen LogP contribution >= 0.6 is 34.5 Å². The molecule has 0 aliphatic heterocycles. The molecule has 0 N–H and O–H groups in total. The van der Waals surface area contributed by atoms with Crippen molar-refractivity contribution in [2.75, 3.05) is 18.5 Å². The van der Waals surface area contributed by atoms with Crippen molar-refractivity contribution < 1.29 is 0 Å². The second-order valence-corrected chi connectivity index (χ2v) is 4.36. The van der Waals surface area contributed by atoms with Crippen LogP contribution in [0, 0.1) is 11.3 Å². The zero-order valence-corrected chi connectivity index (χ0v) is 9.96. The van der Waals surface area contributed by atoms with Crippen molar-refractivity contribution in [3.8, 4) is 6.07 Å². The summed E-state index contributed by atoms with van der Waals surface area (Å²) in [5.74, 6) is 0.378. The molecule has 0 fully saturated rings. The minimum absolute atomic E-state index is 0.378. The van der Waals surface area contributed by atoms with Gasteiger partial charge in [0.15, 0.2) is 5.13 Å². The molecule has 0 aromatic carbocycles. The molecular formula is C8H9Cl2N3S. The van der Waals surface area contributed by atoms with Crippen molar-refractivity contribution in [2.24, 2.45) is 0 Å². The van der Waals surface area contributed by atoms with Crippen LogP contribution in [0.5, 0.6) is 0 Å². The van der Waals surface area contributed by atoms with E-state index in [0.29, 0.717) is 24.0 Å². The zero-order chi connectivity index (χ0) is 10.6. The maximum Gasteiger partial charge on any atom is 0.186 e. The van der Waals surface area contributed by atoms with Gasteiger partial charge in [0.25, 0.3) is 0 Å². The second-order valence-electron chi connectivity index (χ2n) is 2.67. The van der Waals surface area contributed by atoms with Gasteiger partial charge in [-0.3, -0.25) is 0 Å². The van der Waals surface area contributed by atoms with Gasteiger partial charge in [-0.05, 0) is 0 Å². The Hall–Kier alpha value is -0.500. The van der Waals surface area contributed by atoms with E-state index in [1.165, 1.54) is 11.3 Å². The van der Waals surface area contributed by atoms with Crippen molar-refractivity contribution >= 4 is 39.7 Å². The number of hydrogen-bond donors (Lipinski definition) is 0. The molecular weight excluding hydrogens is 241 g/mol. The highest BCUT2D eigenvalue weighted by Gasteiger charge is 2.11. The van der Waals surface area contributed by atoms with Gasteiger partial charge in [0.05, 0.1) is 23.2 Å². The number of alkyl halides is 1. The van der Waals surface area contributed by atoms with Crippen molar-refractivity contribution in [1.82, 2.24) is 4.98 Å². The average molecular weight is 250 g/mol. The van der Waals surface area contributed by atoms with Crippen molar-refractivity contribution in [1.29, 1.82) is 5.26 Å². The zero-order valence-electron chi connectivity index (χ0n) is 7.63.